The molecular formula is C32H40ClN3O6S. The quantitative estimate of drug-likeness (QED) is 0.280. The molecule has 0 saturated carbocycles. The highest BCUT2D eigenvalue weighted by Gasteiger charge is 2.36. The molecule has 3 rings (SSSR count). The number of rotatable bonds is 12. The van der Waals surface area contributed by atoms with E-state index in [-0.39, 0.29) is 35.2 Å². The van der Waals surface area contributed by atoms with Gasteiger partial charge in [-0.3, -0.25) is 13.9 Å². The molecule has 3 aromatic rings. The van der Waals surface area contributed by atoms with Crippen LogP contribution in [0.15, 0.2) is 71.6 Å². The van der Waals surface area contributed by atoms with E-state index in [0.29, 0.717) is 16.3 Å². The maximum Gasteiger partial charge on any atom is 0.264 e. The topological polar surface area (TPSA) is 105 Å². The summed E-state index contributed by atoms with van der Waals surface area (Å²) in [5.41, 5.74) is 1.05. The van der Waals surface area contributed by atoms with E-state index < -0.39 is 34.1 Å². The molecule has 0 aliphatic carbocycles. The molecule has 11 heteroatoms. The Labute approximate surface area is 259 Å². The second kappa shape index (κ2) is 14.1. The van der Waals surface area contributed by atoms with Crippen molar-refractivity contribution in [3.8, 4) is 11.5 Å². The first kappa shape index (κ1) is 33.7. The molecule has 3 aromatic carbocycles. The number of halogens is 1. The lowest BCUT2D eigenvalue weighted by atomic mass is 10.1. The van der Waals surface area contributed by atoms with Crippen LogP contribution in [0, 0.1) is 6.92 Å². The van der Waals surface area contributed by atoms with Gasteiger partial charge in [-0.15, -0.1) is 0 Å². The Balaban J connectivity index is 2.17. The van der Waals surface area contributed by atoms with Crippen LogP contribution in [-0.2, 0) is 26.2 Å². The number of methoxy groups -OCH3 is 2. The third-order valence-electron chi connectivity index (χ3n) is 6.73. The molecule has 1 unspecified atom stereocenters. The Hall–Kier alpha value is -3.76. The molecule has 0 spiro atoms. The van der Waals surface area contributed by atoms with Gasteiger partial charge in [0.05, 0.1) is 24.8 Å². The van der Waals surface area contributed by atoms with Gasteiger partial charge in [0, 0.05) is 23.2 Å². The van der Waals surface area contributed by atoms with Gasteiger partial charge in [-0.2, -0.15) is 0 Å². The number of carbonyl (C=O) groups is 2. The van der Waals surface area contributed by atoms with Gasteiger partial charge in [0.15, 0.2) is 0 Å². The van der Waals surface area contributed by atoms with Crippen LogP contribution in [-0.4, -0.2) is 57.5 Å². The number of amides is 2. The molecule has 0 aliphatic rings. The van der Waals surface area contributed by atoms with Crippen LogP contribution in [0.5, 0.6) is 11.5 Å². The van der Waals surface area contributed by atoms with Gasteiger partial charge in [0.2, 0.25) is 11.8 Å². The summed E-state index contributed by atoms with van der Waals surface area (Å²) in [6.07, 6.45) is 0.283. The van der Waals surface area contributed by atoms with Crippen molar-refractivity contribution in [2.24, 2.45) is 0 Å². The molecule has 2 amide bonds. The normalized spacial score (nSPS) is 12.3. The van der Waals surface area contributed by atoms with Crippen LogP contribution in [0.25, 0.3) is 0 Å². The van der Waals surface area contributed by atoms with Crippen molar-refractivity contribution >= 4 is 39.1 Å². The molecule has 0 fully saturated rings. The molecule has 1 N–H and O–H groups in total. The van der Waals surface area contributed by atoms with Crippen molar-refractivity contribution < 1.29 is 27.5 Å². The molecule has 232 valence electrons. The van der Waals surface area contributed by atoms with E-state index in [1.54, 1.807) is 55.5 Å². The summed E-state index contributed by atoms with van der Waals surface area (Å²) in [5.74, 6) is -0.366. The summed E-state index contributed by atoms with van der Waals surface area (Å²) in [6.45, 7) is 8.56. The summed E-state index contributed by atoms with van der Waals surface area (Å²) < 4.78 is 40.3. The van der Waals surface area contributed by atoms with E-state index >= 15 is 0 Å². The van der Waals surface area contributed by atoms with Crippen LogP contribution >= 0.6 is 11.6 Å². The molecule has 43 heavy (non-hydrogen) atoms. The van der Waals surface area contributed by atoms with Gasteiger partial charge >= 0.3 is 0 Å². The minimum Gasteiger partial charge on any atom is -0.497 e. The number of aryl methyl sites for hydroxylation is 1. The Kier molecular flexibility index (Phi) is 11.1. The minimum absolute atomic E-state index is 0.00839. The zero-order valence-corrected chi connectivity index (χ0v) is 27.3. The van der Waals surface area contributed by atoms with Gasteiger partial charge in [0.25, 0.3) is 10.0 Å². The maximum absolute atomic E-state index is 14.3. The van der Waals surface area contributed by atoms with Crippen LogP contribution < -0.4 is 19.1 Å². The fourth-order valence-corrected chi connectivity index (χ4v) is 6.14. The van der Waals surface area contributed by atoms with E-state index in [9.17, 15) is 18.0 Å². The second-order valence-corrected chi connectivity index (χ2v) is 13.4. The fraction of sp³-hybridized carbons (Fsp3) is 0.375. The van der Waals surface area contributed by atoms with E-state index in [4.69, 9.17) is 21.1 Å². The number of hydrogen-bond donors (Lipinski definition) is 1. The van der Waals surface area contributed by atoms with Crippen molar-refractivity contribution in [3.05, 3.63) is 82.9 Å². The highest BCUT2D eigenvalue weighted by molar-refractivity contribution is 7.92. The number of nitrogens with one attached hydrogen (secondary N) is 1. The average molecular weight is 630 g/mol. The lowest BCUT2D eigenvalue weighted by molar-refractivity contribution is -0.141. The van der Waals surface area contributed by atoms with Gasteiger partial charge in [-0.05, 0) is 70.0 Å². The van der Waals surface area contributed by atoms with Crippen LogP contribution in [0.3, 0.4) is 0 Å². The van der Waals surface area contributed by atoms with Crippen molar-refractivity contribution in [3.63, 3.8) is 0 Å². The van der Waals surface area contributed by atoms with Crippen LogP contribution in [0.1, 0.15) is 45.2 Å². The van der Waals surface area contributed by atoms with Gasteiger partial charge in [-0.25, -0.2) is 8.42 Å². The van der Waals surface area contributed by atoms with E-state index in [0.717, 1.165) is 9.87 Å². The van der Waals surface area contributed by atoms with E-state index in [2.05, 4.69) is 5.32 Å². The predicted octanol–water partition coefficient (Wildman–Crippen LogP) is 5.58. The zero-order chi connectivity index (χ0) is 31.9. The highest BCUT2D eigenvalue weighted by Crippen LogP contribution is 2.36. The van der Waals surface area contributed by atoms with Crippen molar-refractivity contribution in [2.45, 2.75) is 64.1 Å². The lowest BCUT2D eigenvalue weighted by Crippen LogP contribution is -2.55. The molecule has 0 saturated heterocycles. The number of sulfonamides is 1. The second-order valence-electron chi connectivity index (χ2n) is 11.1. The summed E-state index contributed by atoms with van der Waals surface area (Å²) in [4.78, 5) is 29.2. The number of ether oxygens (including phenoxy) is 2. The largest absolute Gasteiger partial charge is 0.497 e. The number of benzene rings is 3. The molecule has 0 bridgehead atoms. The highest BCUT2D eigenvalue weighted by atomic mass is 35.5. The van der Waals surface area contributed by atoms with Gasteiger partial charge in [-0.1, -0.05) is 54.4 Å². The monoisotopic (exact) mass is 629 g/mol. The van der Waals surface area contributed by atoms with Gasteiger partial charge < -0.3 is 19.7 Å². The molecule has 9 nitrogen and oxygen atoms in total. The van der Waals surface area contributed by atoms with Crippen molar-refractivity contribution in [2.75, 3.05) is 25.1 Å². The fourth-order valence-electron chi connectivity index (χ4n) is 4.53. The first-order valence-corrected chi connectivity index (χ1v) is 15.7. The average Bonchev–Trinajstić information content (AvgIpc) is 2.95. The maximum atomic E-state index is 14.3. The molecule has 0 radical (unpaired) electrons. The molecule has 1 atom stereocenters. The molecular weight excluding hydrogens is 590 g/mol. The van der Waals surface area contributed by atoms with Crippen LogP contribution in [0.4, 0.5) is 5.69 Å². The standard InChI is InChI=1S/C32H40ClN3O6S/c1-8-27(31(38)34-32(3,4)5)35(20-23-11-9-10-12-26(23)33)30(37)21-36(28-19-24(41-6)15-18-29(28)42-7)43(39,40)25-16-13-22(2)14-17-25/h9-19,27H,8,20-21H2,1-7H3,(H,34,38). The first-order valence-electron chi connectivity index (χ1n) is 13.9. The molecule has 0 aromatic heterocycles. The number of nitrogens with zero attached hydrogens (tertiary/aromatic N) is 2. The molecule has 0 aliphatic heterocycles. The van der Waals surface area contributed by atoms with E-state index in [1.807, 2.05) is 27.7 Å². The Bertz CT molecular complexity index is 1540. The van der Waals surface area contributed by atoms with E-state index in [1.165, 1.54) is 37.3 Å². The number of carbonyl (C=O) groups excluding carboxylic acids is 2. The summed E-state index contributed by atoms with van der Waals surface area (Å²) in [5, 5.41) is 3.37. The Morgan fingerprint density at radius 3 is 2.19 bits per heavy atom. The Morgan fingerprint density at radius 1 is 0.977 bits per heavy atom. The zero-order valence-electron chi connectivity index (χ0n) is 25.7. The SMILES string of the molecule is CCC(C(=O)NC(C)(C)C)N(Cc1ccccc1Cl)C(=O)CN(c1cc(OC)ccc1OC)S(=O)(=O)c1ccc(C)cc1. The predicted molar refractivity (Wildman–Crippen MR) is 169 cm³/mol. The number of anilines is 1. The summed E-state index contributed by atoms with van der Waals surface area (Å²) in [6, 6.07) is 17.2. The van der Waals surface area contributed by atoms with Gasteiger partial charge in [0.1, 0.15) is 24.1 Å². The lowest BCUT2D eigenvalue weighted by Gasteiger charge is -2.35. The minimum atomic E-state index is -4.30. The third-order valence-corrected chi connectivity index (χ3v) is 8.87. The summed E-state index contributed by atoms with van der Waals surface area (Å²) >= 11 is 6.47. The first-order chi connectivity index (χ1) is 20.2. The van der Waals surface area contributed by atoms with Crippen LogP contribution in [0.2, 0.25) is 5.02 Å². The third kappa shape index (κ3) is 8.42. The number of hydrogen-bond acceptors (Lipinski definition) is 6. The molecule has 0 heterocycles. The van der Waals surface area contributed by atoms with Crippen molar-refractivity contribution in [1.29, 1.82) is 0 Å². The Morgan fingerprint density at radius 2 is 1.63 bits per heavy atom. The smallest absolute Gasteiger partial charge is 0.264 e. The van der Waals surface area contributed by atoms with Crippen molar-refractivity contribution in [1.82, 2.24) is 10.2 Å². The summed E-state index contributed by atoms with van der Waals surface area (Å²) in [7, 11) is -1.42.